The van der Waals surface area contributed by atoms with Gasteiger partial charge in [0.2, 0.25) is 0 Å². The minimum absolute atomic E-state index is 0.172. The monoisotopic (exact) mass is 452 g/mol. The first kappa shape index (κ1) is 23.0. The van der Waals surface area contributed by atoms with E-state index >= 15 is 0 Å². The maximum absolute atomic E-state index is 14.1. The van der Waals surface area contributed by atoms with Gasteiger partial charge in [-0.05, 0) is 41.3 Å². The second kappa shape index (κ2) is 8.67. The molecule has 0 amide bonds. The molecule has 0 aromatic heterocycles. The van der Waals surface area contributed by atoms with Gasteiger partial charge < -0.3 is 5.11 Å². The molecule has 33 heavy (non-hydrogen) atoms. The van der Waals surface area contributed by atoms with E-state index in [1.165, 1.54) is 5.56 Å². The second-order valence-corrected chi connectivity index (χ2v) is 8.77. The minimum atomic E-state index is -1.89. The van der Waals surface area contributed by atoms with Crippen molar-refractivity contribution in [3.05, 3.63) is 101 Å². The molecule has 7 heteroatoms. The Bertz CT molecular complexity index is 1180. The van der Waals surface area contributed by atoms with Crippen molar-refractivity contribution >= 4 is 11.7 Å². The number of rotatable bonds is 7. The molecule has 1 unspecified atom stereocenters. The van der Waals surface area contributed by atoms with E-state index in [0.717, 1.165) is 30.2 Å². The number of nitrogens with zero attached hydrogens (tertiary/aromatic N) is 1. The molecule has 1 aliphatic rings. The molecule has 3 aromatic carbocycles. The standard InChI is InChI=1S/C26H27F2N3O2/c1-3-17-7-6-8-18(11-17)15-30-16-31(2)23-10-5-4-9-22(23)24(26(31,29)25(32)33)19-12-20(27)14-21(28)13-19/h4-14,24,30H,3,15-16,29H2,1-2H3/p+1/t24?,26-,31-/m0/s1. The molecule has 3 atom stereocenters. The highest BCUT2D eigenvalue weighted by Gasteiger charge is 2.65. The summed E-state index contributed by atoms with van der Waals surface area (Å²) in [5.41, 5.74) is 8.67. The maximum atomic E-state index is 14.1. The Morgan fingerprint density at radius 2 is 1.73 bits per heavy atom. The molecule has 172 valence electrons. The predicted octanol–water partition coefficient (Wildman–Crippen LogP) is 4.10. The lowest BCUT2D eigenvalue weighted by atomic mass is 9.83. The molecule has 0 spiro atoms. The van der Waals surface area contributed by atoms with Gasteiger partial charge in [-0.15, -0.1) is 0 Å². The Morgan fingerprint density at radius 3 is 2.39 bits per heavy atom. The van der Waals surface area contributed by atoms with Gasteiger partial charge in [-0.2, -0.15) is 0 Å². The fourth-order valence-electron chi connectivity index (χ4n) is 5.01. The summed E-state index contributed by atoms with van der Waals surface area (Å²) < 4.78 is 28.0. The van der Waals surface area contributed by atoms with E-state index in [4.69, 9.17) is 5.73 Å². The number of fused-ring (bicyclic) bond motifs is 1. The Labute approximate surface area is 192 Å². The van der Waals surface area contributed by atoms with Gasteiger partial charge in [-0.1, -0.05) is 49.4 Å². The molecule has 0 radical (unpaired) electrons. The number of carboxylic acids is 1. The van der Waals surface area contributed by atoms with Gasteiger partial charge in [0.25, 0.3) is 5.66 Å². The summed E-state index contributed by atoms with van der Waals surface area (Å²) in [6.07, 6.45) is 0.922. The number of carboxylic acid groups (broad SMARTS) is 1. The Balaban J connectivity index is 1.75. The molecule has 0 aliphatic carbocycles. The summed E-state index contributed by atoms with van der Waals surface area (Å²) in [7, 11) is 1.75. The zero-order chi connectivity index (χ0) is 23.8. The van der Waals surface area contributed by atoms with Gasteiger partial charge in [0.15, 0.2) is 0 Å². The largest absolute Gasteiger partial charge is 0.475 e. The van der Waals surface area contributed by atoms with Crippen LogP contribution in [-0.4, -0.2) is 30.5 Å². The van der Waals surface area contributed by atoms with Gasteiger partial charge >= 0.3 is 5.97 Å². The Kier molecular flexibility index (Phi) is 6.05. The summed E-state index contributed by atoms with van der Waals surface area (Å²) in [5.74, 6) is -3.73. The maximum Gasteiger partial charge on any atom is 0.383 e. The number of nitrogens with one attached hydrogen (secondary N) is 1. The van der Waals surface area contributed by atoms with Crippen molar-refractivity contribution in [2.45, 2.75) is 31.5 Å². The third kappa shape index (κ3) is 3.82. The number of hydrogen-bond donors (Lipinski definition) is 3. The van der Waals surface area contributed by atoms with Crippen molar-refractivity contribution in [2.24, 2.45) is 5.73 Å². The minimum Gasteiger partial charge on any atom is -0.475 e. The fourth-order valence-corrected chi connectivity index (χ4v) is 5.01. The van der Waals surface area contributed by atoms with Crippen LogP contribution < -0.4 is 15.5 Å². The third-order valence-corrected chi connectivity index (χ3v) is 6.75. The first-order chi connectivity index (χ1) is 15.7. The molecule has 3 aromatic rings. The van der Waals surface area contributed by atoms with Crippen molar-refractivity contribution in [3.63, 3.8) is 0 Å². The smallest absolute Gasteiger partial charge is 0.383 e. The van der Waals surface area contributed by atoms with E-state index in [-0.39, 0.29) is 16.7 Å². The summed E-state index contributed by atoms with van der Waals surface area (Å²) in [6.45, 7) is 2.83. The van der Waals surface area contributed by atoms with Crippen molar-refractivity contribution in [2.75, 3.05) is 13.7 Å². The number of halogens is 2. The molecule has 4 rings (SSSR count). The van der Waals surface area contributed by atoms with Crippen LogP contribution in [0.15, 0.2) is 66.7 Å². The van der Waals surface area contributed by atoms with E-state index in [9.17, 15) is 18.7 Å². The highest BCUT2D eigenvalue weighted by molar-refractivity contribution is 5.87. The van der Waals surface area contributed by atoms with Crippen LogP contribution in [0.1, 0.15) is 35.1 Å². The SMILES string of the molecule is CCc1cccc(CNC[N@@+]2(C)c3ccccc3C(c3cc(F)cc(F)c3)[C@@]2(N)C(=O)O)c1. The van der Waals surface area contributed by atoms with E-state index in [1.54, 1.807) is 19.2 Å². The van der Waals surface area contributed by atoms with E-state index in [0.29, 0.717) is 17.8 Å². The lowest BCUT2D eigenvalue weighted by molar-refractivity contribution is -0.150. The second-order valence-electron chi connectivity index (χ2n) is 8.77. The number of para-hydroxylation sites is 1. The van der Waals surface area contributed by atoms with E-state index in [2.05, 4.69) is 24.4 Å². The summed E-state index contributed by atoms with van der Waals surface area (Å²) in [6, 6.07) is 18.5. The topological polar surface area (TPSA) is 75.3 Å². The van der Waals surface area contributed by atoms with Gasteiger partial charge in [0, 0.05) is 18.2 Å². The number of carbonyl (C=O) groups is 1. The predicted molar refractivity (Wildman–Crippen MR) is 124 cm³/mol. The first-order valence-corrected chi connectivity index (χ1v) is 10.9. The van der Waals surface area contributed by atoms with Gasteiger partial charge in [-0.25, -0.2) is 13.6 Å². The Morgan fingerprint density at radius 1 is 1.06 bits per heavy atom. The van der Waals surface area contributed by atoms with Crippen LogP contribution in [0.4, 0.5) is 14.5 Å². The number of benzene rings is 3. The number of quaternary nitrogens is 1. The molecule has 4 N–H and O–H groups in total. The number of hydrogen-bond acceptors (Lipinski definition) is 3. The number of aliphatic carboxylic acids is 1. The van der Waals surface area contributed by atoms with Crippen LogP contribution in [0.2, 0.25) is 0 Å². The molecule has 0 saturated heterocycles. The summed E-state index contributed by atoms with van der Waals surface area (Å²) in [5, 5.41) is 13.7. The normalized spacial score (nSPS) is 24.0. The Hall–Kier alpha value is -3.13. The van der Waals surface area contributed by atoms with Crippen LogP contribution >= 0.6 is 0 Å². The molecule has 0 bridgehead atoms. The first-order valence-electron chi connectivity index (χ1n) is 10.9. The van der Waals surface area contributed by atoms with Crippen molar-refractivity contribution < 1.29 is 18.7 Å². The van der Waals surface area contributed by atoms with Crippen LogP contribution in [0.5, 0.6) is 0 Å². The van der Waals surface area contributed by atoms with Crippen molar-refractivity contribution in [1.82, 2.24) is 9.80 Å². The summed E-state index contributed by atoms with van der Waals surface area (Å²) in [4.78, 5) is 12.7. The van der Waals surface area contributed by atoms with Crippen LogP contribution in [-0.2, 0) is 17.8 Å². The zero-order valence-corrected chi connectivity index (χ0v) is 18.7. The van der Waals surface area contributed by atoms with E-state index < -0.39 is 29.2 Å². The molecule has 1 aliphatic heterocycles. The zero-order valence-electron chi connectivity index (χ0n) is 18.7. The van der Waals surface area contributed by atoms with Crippen LogP contribution in [0.25, 0.3) is 0 Å². The number of nitrogens with two attached hydrogens (primary N) is 1. The molecule has 0 fully saturated rings. The van der Waals surface area contributed by atoms with E-state index in [1.807, 2.05) is 24.3 Å². The third-order valence-electron chi connectivity index (χ3n) is 6.75. The van der Waals surface area contributed by atoms with Crippen molar-refractivity contribution in [1.29, 1.82) is 0 Å². The number of aryl methyl sites for hydroxylation is 1. The lowest BCUT2D eigenvalue weighted by Crippen LogP contribution is -2.74. The van der Waals surface area contributed by atoms with Gasteiger partial charge in [0.1, 0.15) is 24.0 Å². The highest BCUT2D eigenvalue weighted by atomic mass is 19.1. The quantitative estimate of drug-likeness (QED) is 0.472. The summed E-state index contributed by atoms with van der Waals surface area (Å²) >= 11 is 0. The van der Waals surface area contributed by atoms with Gasteiger partial charge in [-0.3, -0.25) is 15.5 Å². The average Bonchev–Trinajstić information content (AvgIpc) is 2.98. The molecular weight excluding hydrogens is 424 g/mol. The molecule has 0 saturated carbocycles. The van der Waals surface area contributed by atoms with Crippen molar-refractivity contribution in [3.8, 4) is 0 Å². The number of likely N-dealkylation sites (N-methyl/N-ethyl adjacent to an activating group) is 1. The van der Waals surface area contributed by atoms with Gasteiger partial charge in [0.05, 0.1) is 13.0 Å². The van der Waals surface area contributed by atoms with Crippen LogP contribution in [0.3, 0.4) is 0 Å². The average molecular weight is 453 g/mol. The molecule has 5 nitrogen and oxygen atoms in total. The molecular formula is C26H28F2N3O2+. The molecule has 1 heterocycles. The van der Waals surface area contributed by atoms with Crippen LogP contribution in [0, 0.1) is 11.6 Å². The highest BCUT2D eigenvalue weighted by Crippen LogP contribution is 2.52. The fraction of sp³-hybridized carbons (Fsp3) is 0.269. The lowest BCUT2D eigenvalue weighted by Gasteiger charge is -2.42.